The molecule has 0 aliphatic carbocycles. The third kappa shape index (κ3) is 4.87. The number of guanidine groups is 1. The summed E-state index contributed by atoms with van der Waals surface area (Å²) in [6.45, 7) is 12.5. The summed E-state index contributed by atoms with van der Waals surface area (Å²) >= 11 is 0. The van der Waals surface area contributed by atoms with Gasteiger partial charge in [0.15, 0.2) is 5.96 Å². The third-order valence-electron chi connectivity index (χ3n) is 6.05. The summed E-state index contributed by atoms with van der Waals surface area (Å²) < 4.78 is 0. The molecule has 1 unspecified atom stereocenters. The van der Waals surface area contributed by atoms with E-state index in [1.807, 2.05) is 0 Å². The molecule has 0 saturated carbocycles. The van der Waals surface area contributed by atoms with Gasteiger partial charge in [0.2, 0.25) is 5.91 Å². The van der Waals surface area contributed by atoms with Crippen molar-refractivity contribution >= 4 is 11.9 Å². The maximum absolute atomic E-state index is 11.7. The molecule has 1 spiro atoms. The van der Waals surface area contributed by atoms with E-state index in [1.165, 1.54) is 25.9 Å². The number of piperidine rings is 2. The number of nitrogens with zero attached hydrogens (tertiary/aromatic N) is 3. The van der Waals surface area contributed by atoms with Crippen LogP contribution in [0.2, 0.25) is 0 Å². The van der Waals surface area contributed by atoms with E-state index in [2.05, 4.69) is 34.3 Å². The van der Waals surface area contributed by atoms with Crippen molar-refractivity contribution in [3.63, 3.8) is 0 Å². The molecule has 3 heterocycles. The quantitative estimate of drug-likeness (QED) is 0.593. The van der Waals surface area contributed by atoms with Gasteiger partial charge in [-0.2, -0.15) is 0 Å². The molecule has 0 aromatic carbocycles. The lowest BCUT2D eigenvalue weighted by Gasteiger charge is -2.41. The van der Waals surface area contributed by atoms with Gasteiger partial charge < -0.3 is 20.4 Å². The molecule has 3 rings (SSSR count). The molecule has 0 bridgehead atoms. The second kappa shape index (κ2) is 8.39. The van der Waals surface area contributed by atoms with Gasteiger partial charge in [-0.3, -0.25) is 9.79 Å². The first-order valence-electron chi connectivity index (χ1n) is 10.1. The van der Waals surface area contributed by atoms with Crippen LogP contribution in [-0.4, -0.2) is 74.0 Å². The fraction of sp³-hybridized carbons (Fsp3) is 0.895. The number of carbonyl (C=O) groups excluding carboxylic acids is 1. The van der Waals surface area contributed by atoms with E-state index in [0.29, 0.717) is 6.42 Å². The molecule has 6 nitrogen and oxygen atoms in total. The zero-order valence-corrected chi connectivity index (χ0v) is 16.0. The molecule has 6 heteroatoms. The SMILES string of the molecule is CCNC(=NCCN1CCC(C)CC1)N1CCCC2(CNC(=O)C2)C1. The van der Waals surface area contributed by atoms with Gasteiger partial charge in [-0.25, -0.2) is 0 Å². The van der Waals surface area contributed by atoms with Crippen LogP contribution < -0.4 is 10.6 Å². The molecule has 1 atom stereocenters. The summed E-state index contributed by atoms with van der Waals surface area (Å²) in [6.07, 6.45) is 5.60. The van der Waals surface area contributed by atoms with Gasteiger partial charge in [0.1, 0.15) is 0 Å². The molecule has 0 aromatic rings. The zero-order valence-electron chi connectivity index (χ0n) is 16.0. The van der Waals surface area contributed by atoms with Crippen molar-refractivity contribution in [3.05, 3.63) is 0 Å². The van der Waals surface area contributed by atoms with E-state index in [4.69, 9.17) is 4.99 Å². The van der Waals surface area contributed by atoms with Crippen molar-refractivity contribution in [2.24, 2.45) is 16.3 Å². The Hall–Kier alpha value is -1.30. The van der Waals surface area contributed by atoms with Crippen molar-refractivity contribution in [2.45, 2.75) is 46.0 Å². The van der Waals surface area contributed by atoms with Crippen LogP contribution in [0.3, 0.4) is 0 Å². The van der Waals surface area contributed by atoms with Crippen molar-refractivity contribution < 1.29 is 4.79 Å². The number of amides is 1. The monoisotopic (exact) mass is 349 g/mol. The van der Waals surface area contributed by atoms with Gasteiger partial charge in [-0.05, 0) is 51.6 Å². The summed E-state index contributed by atoms with van der Waals surface area (Å²) in [4.78, 5) is 21.5. The van der Waals surface area contributed by atoms with Crippen LogP contribution in [0.1, 0.15) is 46.0 Å². The average Bonchev–Trinajstić information content (AvgIpc) is 2.96. The largest absolute Gasteiger partial charge is 0.357 e. The van der Waals surface area contributed by atoms with Crippen LogP contribution in [-0.2, 0) is 4.79 Å². The van der Waals surface area contributed by atoms with Crippen LogP contribution in [0.4, 0.5) is 0 Å². The molecule has 1 amide bonds. The minimum atomic E-state index is 0.120. The number of hydrogen-bond donors (Lipinski definition) is 2. The topological polar surface area (TPSA) is 60.0 Å². The summed E-state index contributed by atoms with van der Waals surface area (Å²) in [5, 5.41) is 6.50. The molecule has 0 aromatic heterocycles. The first-order chi connectivity index (χ1) is 12.1. The zero-order chi connectivity index (χ0) is 17.7. The summed E-state index contributed by atoms with van der Waals surface area (Å²) in [7, 11) is 0. The second-order valence-electron chi connectivity index (χ2n) is 8.24. The Balaban J connectivity index is 1.55. The van der Waals surface area contributed by atoms with Gasteiger partial charge in [-0.1, -0.05) is 6.92 Å². The van der Waals surface area contributed by atoms with E-state index >= 15 is 0 Å². The van der Waals surface area contributed by atoms with E-state index < -0.39 is 0 Å². The second-order valence-corrected chi connectivity index (χ2v) is 8.24. The fourth-order valence-corrected chi connectivity index (χ4v) is 4.44. The lowest BCUT2D eigenvalue weighted by molar-refractivity contribution is -0.119. The molecule has 0 radical (unpaired) electrons. The Kier molecular flexibility index (Phi) is 6.20. The highest BCUT2D eigenvalue weighted by Gasteiger charge is 2.42. The molecular formula is C19H35N5O. The highest BCUT2D eigenvalue weighted by Crippen LogP contribution is 2.35. The predicted molar refractivity (Wildman–Crippen MR) is 102 cm³/mol. The number of likely N-dealkylation sites (tertiary alicyclic amines) is 2. The van der Waals surface area contributed by atoms with Gasteiger partial charge >= 0.3 is 0 Å². The predicted octanol–water partition coefficient (Wildman–Crippen LogP) is 1.29. The molecule has 3 saturated heterocycles. The molecule has 2 N–H and O–H groups in total. The van der Waals surface area contributed by atoms with Gasteiger partial charge in [0.05, 0.1) is 6.54 Å². The summed E-state index contributed by atoms with van der Waals surface area (Å²) in [6, 6.07) is 0. The first-order valence-corrected chi connectivity index (χ1v) is 10.1. The normalized spacial score (nSPS) is 29.3. The van der Waals surface area contributed by atoms with Crippen LogP contribution >= 0.6 is 0 Å². The van der Waals surface area contributed by atoms with E-state index in [9.17, 15) is 4.79 Å². The van der Waals surface area contributed by atoms with Crippen molar-refractivity contribution in [1.82, 2.24) is 20.4 Å². The highest BCUT2D eigenvalue weighted by atomic mass is 16.1. The Labute approximate surface area is 152 Å². The Morgan fingerprint density at radius 2 is 2.16 bits per heavy atom. The van der Waals surface area contributed by atoms with Crippen molar-refractivity contribution in [1.29, 1.82) is 0 Å². The van der Waals surface area contributed by atoms with Crippen molar-refractivity contribution in [2.75, 3.05) is 52.4 Å². The minimum Gasteiger partial charge on any atom is -0.357 e. The molecule has 142 valence electrons. The number of rotatable bonds is 4. The molecular weight excluding hydrogens is 314 g/mol. The smallest absolute Gasteiger partial charge is 0.220 e. The highest BCUT2D eigenvalue weighted by molar-refractivity contribution is 5.81. The maximum atomic E-state index is 11.7. The third-order valence-corrected chi connectivity index (χ3v) is 6.05. The lowest BCUT2D eigenvalue weighted by Crippen LogP contribution is -2.51. The standard InChI is InChI=1S/C19H35N5O/c1-3-20-18(21-8-12-23-10-5-16(2)6-11-23)24-9-4-7-19(15-24)13-17(25)22-14-19/h16H,3-15H2,1-2H3,(H,20,21)(H,22,25). The van der Waals surface area contributed by atoms with Crippen molar-refractivity contribution in [3.8, 4) is 0 Å². The van der Waals surface area contributed by atoms with Crippen LogP contribution in [0.25, 0.3) is 0 Å². The first kappa shape index (κ1) is 18.5. The van der Waals surface area contributed by atoms with Gasteiger partial charge in [0.25, 0.3) is 0 Å². The Morgan fingerprint density at radius 1 is 1.36 bits per heavy atom. The van der Waals surface area contributed by atoms with Gasteiger partial charge in [0, 0.05) is 44.6 Å². The Bertz CT molecular complexity index is 486. The van der Waals surface area contributed by atoms with Crippen LogP contribution in [0, 0.1) is 11.3 Å². The average molecular weight is 350 g/mol. The number of nitrogens with one attached hydrogen (secondary N) is 2. The number of carbonyl (C=O) groups is 1. The van der Waals surface area contributed by atoms with E-state index in [0.717, 1.165) is 64.0 Å². The van der Waals surface area contributed by atoms with E-state index in [-0.39, 0.29) is 11.3 Å². The molecule has 25 heavy (non-hydrogen) atoms. The number of hydrogen-bond acceptors (Lipinski definition) is 3. The minimum absolute atomic E-state index is 0.120. The number of aliphatic imine (C=N–C) groups is 1. The molecule has 3 aliphatic rings. The Morgan fingerprint density at radius 3 is 2.84 bits per heavy atom. The molecule has 3 fully saturated rings. The van der Waals surface area contributed by atoms with Crippen LogP contribution in [0.5, 0.6) is 0 Å². The van der Waals surface area contributed by atoms with E-state index in [1.54, 1.807) is 0 Å². The van der Waals surface area contributed by atoms with Gasteiger partial charge in [-0.15, -0.1) is 0 Å². The summed E-state index contributed by atoms with van der Waals surface area (Å²) in [5.41, 5.74) is 0.120. The molecule has 3 aliphatic heterocycles. The fourth-order valence-electron chi connectivity index (χ4n) is 4.44. The van der Waals surface area contributed by atoms with Crippen LogP contribution in [0.15, 0.2) is 4.99 Å². The lowest BCUT2D eigenvalue weighted by atomic mass is 9.79. The summed E-state index contributed by atoms with van der Waals surface area (Å²) in [5.74, 6) is 2.12. The maximum Gasteiger partial charge on any atom is 0.220 e.